The predicted molar refractivity (Wildman–Crippen MR) is 162 cm³/mol. The van der Waals surface area contributed by atoms with Gasteiger partial charge in [0.2, 0.25) is 0 Å². The van der Waals surface area contributed by atoms with Crippen molar-refractivity contribution in [3.05, 3.63) is 11.6 Å². The molecule has 3 heteroatoms. The van der Waals surface area contributed by atoms with E-state index in [-0.39, 0.29) is 18.7 Å². The third-order valence-electron chi connectivity index (χ3n) is 12.9. The third kappa shape index (κ3) is 6.81. The fourth-order valence-electron chi connectivity index (χ4n) is 9.92. The minimum atomic E-state index is 0.00221. The summed E-state index contributed by atoms with van der Waals surface area (Å²) in [6.45, 7) is 15.3. The number of carbonyl (C=O) groups excluding carboxylic acids is 1. The number of rotatable bonds is 13. The number of fused-ring (bicyclic) bond motifs is 5. The molecule has 4 aliphatic carbocycles. The fraction of sp³-hybridized carbons (Fsp3) is 0.917. The van der Waals surface area contributed by atoms with Crippen molar-refractivity contribution in [3.8, 4) is 0 Å². The number of hydrogen-bond acceptors (Lipinski definition) is 3. The normalized spacial score (nSPS) is 37.4. The van der Waals surface area contributed by atoms with Crippen molar-refractivity contribution in [1.82, 2.24) is 0 Å². The first-order valence-electron chi connectivity index (χ1n) is 17.1. The second-order valence-electron chi connectivity index (χ2n) is 15.4. The highest BCUT2D eigenvalue weighted by molar-refractivity contribution is 5.69. The highest BCUT2D eigenvalue weighted by Crippen LogP contribution is 2.67. The summed E-state index contributed by atoms with van der Waals surface area (Å²) in [7, 11) is 0. The summed E-state index contributed by atoms with van der Waals surface area (Å²) in [5, 5.41) is 8.91. The van der Waals surface area contributed by atoms with Gasteiger partial charge >= 0.3 is 5.97 Å². The molecular weight excluding hydrogens is 480 g/mol. The Balaban J connectivity index is 1.32. The van der Waals surface area contributed by atoms with Crippen LogP contribution in [0.1, 0.15) is 144 Å². The molecule has 39 heavy (non-hydrogen) atoms. The molecule has 0 aliphatic heterocycles. The predicted octanol–water partition coefficient (Wildman–Crippen LogP) is 9.52. The number of unbranched alkanes of at least 4 members (excludes halogenated alkanes) is 4. The smallest absolute Gasteiger partial charge is 0.306 e. The van der Waals surface area contributed by atoms with Crippen molar-refractivity contribution in [1.29, 1.82) is 0 Å². The van der Waals surface area contributed by atoms with Crippen LogP contribution in [0.5, 0.6) is 0 Å². The van der Waals surface area contributed by atoms with E-state index in [1.807, 2.05) is 0 Å². The number of hydrogen-bond donors (Lipinski definition) is 1. The highest BCUT2D eigenvalue weighted by Gasteiger charge is 2.59. The zero-order valence-corrected chi connectivity index (χ0v) is 26.5. The molecule has 0 amide bonds. The lowest BCUT2D eigenvalue weighted by atomic mass is 9.47. The zero-order chi connectivity index (χ0) is 28.2. The molecule has 0 heterocycles. The molecule has 1 unspecified atom stereocenters. The monoisotopic (exact) mass is 542 g/mol. The van der Waals surface area contributed by atoms with Gasteiger partial charge in [-0.1, -0.05) is 85.3 Å². The van der Waals surface area contributed by atoms with Gasteiger partial charge in [0, 0.05) is 19.4 Å². The van der Waals surface area contributed by atoms with Crippen LogP contribution in [0.3, 0.4) is 0 Å². The van der Waals surface area contributed by atoms with Gasteiger partial charge in [-0.05, 0) is 110 Å². The average molecular weight is 543 g/mol. The van der Waals surface area contributed by atoms with Crippen LogP contribution in [-0.4, -0.2) is 23.8 Å². The second-order valence-corrected chi connectivity index (χ2v) is 15.4. The maximum absolute atomic E-state index is 12.5. The van der Waals surface area contributed by atoms with Crippen LogP contribution in [0.4, 0.5) is 0 Å². The van der Waals surface area contributed by atoms with E-state index in [4.69, 9.17) is 9.84 Å². The number of carbonyl (C=O) groups is 1. The first-order valence-corrected chi connectivity index (χ1v) is 17.1. The van der Waals surface area contributed by atoms with Gasteiger partial charge in [-0.15, -0.1) is 0 Å². The average Bonchev–Trinajstić information content (AvgIpc) is 3.26. The Kier molecular flexibility index (Phi) is 10.7. The lowest BCUT2D eigenvalue weighted by molar-refractivity contribution is -0.151. The maximum atomic E-state index is 12.5. The van der Waals surface area contributed by atoms with Crippen LogP contribution >= 0.6 is 0 Å². The van der Waals surface area contributed by atoms with Crippen molar-refractivity contribution in [2.45, 2.75) is 150 Å². The standard InChI is InChI=1S/C36H62O3/c1-25(2)26(3)13-14-27(4)31-17-18-32-30-16-15-28-24-29(39-34(38)12-10-8-7-9-11-23-37)19-21-35(28,5)33(30)20-22-36(31,32)6/h15,25-27,29-33,37H,7-14,16-24H2,1-6H3/t26-,27+,29?,30-,31+,32-,33-,35-,36+/m0/s1. The number of esters is 1. The summed E-state index contributed by atoms with van der Waals surface area (Å²) in [5.74, 6) is 5.98. The summed E-state index contributed by atoms with van der Waals surface area (Å²) in [6, 6.07) is 0. The van der Waals surface area contributed by atoms with Crippen molar-refractivity contribution < 1.29 is 14.6 Å². The Labute approximate surface area is 241 Å². The van der Waals surface area contributed by atoms with Gasteiger partial charge in [0.1, 0.15) is 6.10 Å². The Hall–Kier alpha value is -0.830. The molecule has 4 rings (SSSR count). The van der Waals surface area contributed by atoms with Crippen molar-refractivity contribution in [3.63, 3.8) is 0 Å². The second kappa shape index (κ2) is 13.4. The molecule has 0 aromatic heterocycles. The SMILES string of the molecule is CC(C)[C@@H](C)CC[C@@H](C)[C@H]1CC[C@H]2[C@@H]3CC=C4CC(OC(=O)CCCCCCCO)CC[C@]4(C)[C@H]3CC[C@]12C. The van der Waals surface area contributed by atoms with Gasteiger partial charge in [0.15, 0.2) is 0 Å². The topological polar surface area (TPSA) is 46.5 Å². The van der Waals surface area contributed by atoms with E-state index in [9.17, 15) is 4.79 Å². The number of aliphatic hydroxyl groups excluding tert-OH is 1. The maximum Gasteiger partial charge on any atom is 0.306 e. The molecule has 9 atom stereocenters. The molecule has 0 spiro atoms. The van der Waals surface area contributed by atoms with Crippen LogP contribution in [-0.2, 0) is 9.53 Å². The van der Waals surface area contributed by atoms with Crippen molar-refractivity contribution in [2.24, 2.45) is 52.3 Å². The molecule has 1 N–H and O–H groups in total. The van der Waals surface area contributed by atoms with E-state index in [1.165, 1.54) is 51.4 Å². The molecule has 0 bridgehead atoms. The Morgan fingerprint density at radius 2 is 1.69 bits per heavy atom. The molecule has 224 valence electrons. The van der Waals surface area contributed by atoms with Gasteiger partial charge < -0.3 is 9.84 Å². The van der Waals surface area contributed by atoms with E-state index in [1.54, 1.807) is 5.57 Å². The molecule has 4 aliphatic rings. The lowest BCUT2D eigenvalue weighted by Gasteiger charge is -2.58. The Bertz CT molecular complexity index is 831. The van der Waals surface area contributed by atoms with E-state index in [0.29, 0.717) is 17.3 Å². The molecule has 0 saturated heterocycles. The minimum Gasteiger partial charge on any atom is -0.462 e. The summed E-state index contributed by atoms with van der Waals surface area (Å²) in [4.78, 5) is 12.5. The quantitative estimate of drug-likeness (QED) is 0.143. The molecule has 3 nitrogen and oxygen atoms in total. The number of ether oxygens (including phenoxy) is 1. The molecular formula is C36H62O3. The van der Waals surface area contributed by atoms with E-state index < -0.39 is 0 Å². The first kappa shape index (κ1) is 31.1. The van der Waals surface area contributed by atoms with E-state index >= 15 is 0 Å². The largest absolute Gasteiger partial charge is 0.462 e. The Morgan fingerprint density at radius 1 is 0.949 bits per heavy atom. The summed E-state index contributed by atoms with van der Waals surface area (Å²) < 4.78 is 6.01. The van der Waals surface area contributed by atoms with Gasteiger partial charge in [-0.2, -0.15) is 0 Å². The highest BCUT2D eigenvalue weighted by atomic mass is 16.5. The van der Waals surface area contributed by atoms with E-state index in [2.05, 4.69) is 47.6 Å². The minimum absolute atomic E-state index is 0.00221. The van der Waals surface area contributed by atoms with Crippen LogP contribution in [0.15, 0.2) is 11.6 Å². The van der Waals surface area contributed by atoms with Gasteiger partial charge in [0.05, 0.1) is 0 Å². The van der Waals surface area contributed by atoms with Crippen molar-refractivity contribution >= 4 is 5.97 Å². The van der Waals surface area contributed by atoms with Gasteiger partial charge in [0.25, 0.3) is 0 Å². The third-order valence-corrected chi connectivity index (χ3v) is 12.9. The zero-order valence-electron chi connectivity index (χ0n) is 26.5. The number of aliphatic hydroxyl groups is 1. The number of allylic oxidation sites excluding steroid dienone is 1. The van der Waals surface area contributed by atoms with E-state index in [0.717, 1.165) is 86.4 Å². The lowest BCUT2D eigenvalue weighted by Crippen LogP contribution is -2.51. The summed E-state index contributed by atoms with van der Waals surface area (Å²) in [5.41, 5.74) is 2.47. The summed E-state index contributed by atoms with van der Waals surface area (Å²) in [6.07, 6.45) is 21.2. The van der Waals surface area contributed by atoms with Crippen LogP contribution < -0.4 is 0 Å². The molecule has 3 saturated carbocycles. The van der Waals surface area contributed by atoms with Gasteiger partial charge in [-0.3, -0.25) is 4.79 Å². The van der Waals surface area contributed by atoms with Crippen molar-refractivity contribution in [2.75, 3.05) is 6.61 Å². The van der Waals surface area contributed by atoms with Gasteiger partial charge in [-0.25, -0.2) is 0 Å². The van der Waals surface area contributed by atoms with Crippen LogP contribution in [0.25, 0.3) is 0 Å². The summed E-state index contributed by atoms with van der Waals surface area (Å²) >= 11 is 0. The van der Waals surface area contributed by atoms with Crippen LogP contribution in [0.2, 0.25) is 0 Å². The molecule has 0 aromatic rings. The molecule has 0 aromatic carbocycles. The first-order chi connectivity index (χ1) is 18.6. The van der Waals surface area contributed by atoms with Crippen LogP contribution in [0, 0.1) is 52.3 Å². The molecule has 0 radical (unpaired) electrons. The fourth-order valence-corrected chi connectivity index (χ4v) is 9.92. The molecule has 3 fully saturated rings. The Morgan fingerprint density at radius 3 is 2.44 bits per heavy atom.